The third-order valence-corrected chi connectivity index (χ3v) is 6.95. The second-order valence-corrected chi connectivity index (χ2v) is 8.35. The lowest BCUT2D eigenvalue weighted by Gasteiger charge is -2.49. The smallest absolute Gasteiger partial charge is 0.344 e. The summed E-state index contributed by atoms with van der Waals surface area (Å²) < 4.78 is 0. The number of carboxylic acids is 1. The quantitative estimate of drug-likeness (QED) is 0.599. The normalized spacial score (nSPS) is 38.8. The minimum Gasteiger partial charge on any atom is -0.508 e. The molecular formula is C20H25NO6. The molecule has 0 saturated heterocycles. The van der Waals surface area contributed by atoms with Crippen LogP contribution in [-0.4, -0.2) is 50.9 Å². The highest BCUT2D eigenvalue weighted by molar-refractivity contribution is 6.03. The van der Waals surface area contributed by atoms with Gasteiger partial charge >= 0.3 is 5.97 Å². The lowest BCUT2D eigenvalue weighted by molar-refractivity contribution is -0.142. The van der Waals surface area contributed by atoms with Crippen molar-refractivity contribution in [1.82, 2.24) is 0 Å². The van der Waals surface area contributed by atoms with Gasteiger partial charge in [0, 0.05) is 5.56 Å². The molecule has 0 aliphatic heterocycles. The van der Waals surface area contributed by atoms with Crippen LogP contribution in [0.5, 0.6) is 5.75 Å². The van der Waals surface area contributed by atoms with Crippen LogP contribution in [0.2, 0.25) is 0 Å². The first-order valence-electron chi connectivity index (χ1n) is 9.41. The highest BCUT2D eigenvalue weighted by atomic mass is 16.6. The number of aromatic hydroxyl groups is 1. The summed E-state index contributed by atoms with van der Waals surface area (Å²) in [6, 6.07) is 5.21. The molecule has 0 spiro atoms. The molecule has 7 nitrogen and oxygen atoms in total. The second kappa shape index (κ2) is 6.49. The molecule has 0 radical (unpaired) electrons. The van der Waals surface area contributed by atoms with Crippen molar-refractivity contribution >= 4 is 11.7 Å². The topological polar surface area (TPSA) is 120 Å². The number of fused-ring (bicyclic) bond motifs is 5. The number of carboxylic acid groups (broad SMARTS) is 1. The number of rotatable bonds is 3. The number of phenols is 1. The van der Waals surface area contributed by atoms with E-state index in [2.05, 4.69) is 12.1 Å². The first kappa shape index (κ1) is 18.3. The summed E-state index contributed by atoms with van der Waals surface area (Å²) in [5.74, 6) is -0.385. The van der Waals surface area contributed by atoms with Gasteiger partial charge in [-0.1, -0.05) is 18.1 Å². The molecule has 7 heteroatoms. The fraction of sp³-hybridized carbons (Fsp3) is 0.600. The number of benzene rings is 1. The lowest BCUT2D eigenvalue weighted by atomic mass is 9.55. The molecule has 0 unspecified atom stereocenters. The maximum Gasteiger partial charge on any atom is 0.344 e. The first-order valence-corrected chi connectivity index (χ1v) is 9.41. The van der Waals surface area contributed by atoms with Crippen LogP contribution in [0.4, 0.5) is 0 Å². The van der Waals surface area contributed by atoms with Crippen molar-refractivity contribution < 1.29 is 30.1 Å². The number of nitrogens with zero attached hydrogens (tertiary/aromatic N) is 1. The minimum atomic E-state index is -1.10. The van der Waals surface area contributed by atoms with E-state index in [1.807, 2.05) is 6.07 Å². The Morgan fingerprint density at radius 2 is 2.15 bits per heavy atom. The van der Waals surface area contributed by atoms with Crippen molar-refractivity contribution in [2.75, 3.05) is 6.61 Å². The van der Waals surface area contributed by atoms with Crippen molar-refractivity contribution in [3.63, 3.8) is 0 Å². The van der Waals surface area contributed by atoms with Gasteiger partial charge in [0.1, 0.15) is 5.75 Å². The van der Waals surface area contributed by atoms with Gasteiger partial charge in [-0.3, -0.25) is 0 Å². The van der Waals surface area contributed by atoms with Crippen LogP contribution < -0.4 is 0 Å². The van der Waals surface area contributed by atoms with E-state index < -0.39 is 24.8 Å². The molecule has 6 atom stereocenters. The van der Waals surface area contributed by atoms with Gasteiger partial charge in [-0.05, 0) is 66.5 Å². The Hall–Kier alpha value is -2.12. The van der Waals surface area contributed by atoms with Gasteiger partial charge in [-0.15, -0.1) is 0 Å². The molecule has 27 heavy (non-hydrogen) atoms. The monoisotopic (exact) mass is 375 g/mol. The van der Waals surface area contributed by atoms with E-state index in [0.29, 0.717) is 18.6 Å². The average molecular weight is 375 g/mol. The fourth-order valence-electron chi connectivity index (χ4n) is 5.65. The van der Waals surface area contributed by atoms with Crippen molar-refractivity contribution in [3.05, 3.63) is 29.3 Å². The van der Waals surface area contributed by atoms with E-state index in [0.717, 1.165) is 24.0 Å². The van der Waals surface area contributed by atoms with E-state index in [-0.39, 0.29) is 28.9 Å². The molecule has 4 N–H and O–H groups in total. The lowest BCUT2D eigenvalue weighted by Crippen LogP contribution is -2.45. The minimum absolute atomic E-state index is 0.130. The predicted molar refractivity (Wildman–Crippen MR) is 96.5 cm³/mol. The van der Waals surface area contributed by atoms with Crippen LogP contribution in [0.3, 0.4) is 0 Å². The van der Waals surface area contributed by atoms with Gasteiger partial charge in [-0.2, -0.15) is 0 Å². The number of aliphatic carboxylic acids is 1. The summed E-state index contributed by atoms with van der Waals surface area (Å²) in [5, 5.41) is 43.6. The molecule has 3 aliphatic rings. The maximum absolute atomic E-state index is 10.7. The molecule has 2 fully saturated rings. The summed E-state index contributed by atoms with van der Waals surface area (Å²) in [5.41, 5.74) is 2.15. The zero-order chi connectivity index (χ0) is 19.3. The Bertz CT molecular complexity index is 793. The summed E-state index contributed by atoms with van der Waals surface area (Å²) in [7, 11) is 0. The molecule has 1 aromatic rings. The predicted octanol–water partition coefficient (Wildman–Crippen LogP) is 1.84. The van der Waals surface area contributed by atoms with Crippen LogP contribution in [0, 0.1) is 17.3 Å². The molecule has 0 amide bonds. The molecule has 3 aliphatic carbocycles. The van der Waals surface area contributed by atoms with Gasteiger partial charge < -0.3 is 25.3 Å². The fourth-order valence-corrected chi connectivity index (χ4v) is 5.65. The SMILES string of the molecule is C[C@]12CC[C@H]3c4ccc(O)cc4C(=NOCC(=O)O)C[C@H]3[C@@H]1C[C@@H](O)[C@@H]2O. The average Bonchev–Trinajstić information content (AvgIpc) is 2.85. The molecule has 2 saturated carbocycles. The van der Waals surface area contributed by atoms with Gasteiger partial charge in [0.05, 0.1) is 17.9 Å². The summed E-state index contributed by atoms with van der Waals surface area (Å²) in [4.78, 5) is 15.7. The Labute approximate surface area is 157 Å². The largest absolute Gasteiger partial charge is 0.508 e. The van der Waals surface area contributed by atoms with Crippen molar-refractivity contribution in [2.45, 2.75) is 50.7 Å². The summed E-state index contributed by atoms with van der Waals surface area (Å²) in [6.07, 6.45) is 1.40. The molecule has 0 aromatic heterocycles. The maximum atomic E-state index is 10.7. The molecule has 146 valence electrons. The van der Waals surface area contributed by atoms with E-state index >= 15 is 0 Å². The van der Waals surface area contributed by atoms with Gasteiger partial charge in [0.2, 0.25) is 6.61 Å². The van der Waals surface area contributed by atoms with Crippen molar-refractivity contribution in [2.24, 2.45) is 22.4 Å². The van der Waals surface area contributed by atoms with Crippen LogP contribution >= 0.6 is 0 Å². The molecular weight excluding hydrogens is 350 g/mol. The molecule has 4 rings (SSSR count). The number of oxime groups is 1. The van der Waals surface area contributed by atoms with E-state index in [9.17, 15) is 20.1 Å². The number of hydrogen-bond acceptors (Lipinski definition) is 6. The van der Waals surface area contributed by atoms with Crippen LogP contribution in [0.25, 0.3) is 0 Å². The van der Waals surface area contributed by atoms with Crippen LogP contribution in [0.1, 0.15) is 49.7 Å². The highest BCUT2D eigenvalue weighted by Gasteiger charge is 2.58. The second-order valence-electron chi connectivity index (χ2n) is 8.35. The Morgan fingerprint density at radius 3 is 2.89 bits per heavy atom. The number of aliphatic hydroxyl groups excluding tert-OH is 2. The number of aliphatic hydroxyl groups is 2. The highest BCUT2D eigenvalue weighted by Crippen LogP contribution is 2.61. The zero-order valence-electron chi connectivity index (χ0n) is 15.2. The Morgan fingerprint density at radius 1 is 1.37 bits per heavy atom. The summed E-state index contributed by atoms with van der Waals surface area (Å²) in [6.45, 7) is 1.53. The third-order valence-electron chi connectivity index (χ3n) is 6.95. The van der Waals surface area contributed by atoms with Gasteiger partial charge in [0.25, 0.3) is 0 Å². The van der Waals surface area contributed by atoms with Crippen molar-refractivity contribution in [1.29, 1.82) is 0 Å². The Balaban J connectivity index is 1.73. The van der Waals surface area contributed by atoms with Gasteiger partial charge in [0.15, 0.2) is 0 Å². The molecule has 0 bridgehead atoms. The number of hydrogen-bond donors (Lipinski definition) is 4. The van der Waals surface area contributed by atoms with E-state index in [1.54, 1.807) is 12.1 Å². The van der Waals surface area contributed by atoms with Gasteiger partial charge in [-0.25, -0.2) is 4.79 Å². The number of carbonyl (C=O) groups is 1. The third kappa shape index (κ3) is 2.89. The standard InChI is InChI=1S/C20H25NO6/c1-20-5-4-12-11-3-2-10(22)6-14(11)16(21-27-9-18(24)25)7-13(12)15(20)8-17(23)19(20)26/h2-3,6,12-13,15,17,19,22-23,26H,4-5,7-9H2,1H3,(H,24,25)/t12-,13+,15-,17+,19-,20-/m0/s1. The van der Waals surface area contributed by atoms with Crippen molar-refractivity contribution in [3.8, 4) is 5.75 Å². The summed E-state index contributed by atoms with van der Waals surface area (Å²) >= 11 is 0. The van der Waals surface area contributed by atoms with E-state index in [1.165, 1.54) is 0 Å². The zero-order valence-corrected chi connectivity index (χ0v) is 15.2. The van der Waals surface area contributed by atoms with Crippen LogP contribution in [0.15, 0.2) is 23.4 Å². The molecule has 0 heterocycles. The number of phenolic OH excluding ortho intramolecular Hbond substituents is 1. The first-order chi connectivity index (χ1) is 12.8. The Kier molecular flexibility index (Phi) is 4.39. The molecule has 1 aromatic carbocycles. The van der Waals surface area contributed by atoms with Crippen LogP contribution in [-0.2, 0) is 9.63 Å². The van der Waals surface area contributed by atoms with E-state index in [4.69, 9.17) is 9.94 Å².